The van der Waals surface area contributed by atoms with Crippen LogP contribution in [-0.4, -0.2) is 18.7 Å². The average Bonchev–Trinajstić information content (AvgIpc) is 2.86. The molecule has 0 spiro atoms. The van der Waals surface area contributed by atoms with E-state index in [4.69, 9.17) is 10.3 Å². The Bertz CT molecular complexity index is 533. The standard InChI is InChI=1S/C12H13N3O/c1-15-6-5-9-8(3-2-4-11(9)15)10-7-14-16-12(10)13/h2-4,7H,5-6,13H2,1H3. The van der Waals surface area contributed by atoms with Gasteiger partial charge in [0.25, 0.3) is 0 Å². The van der Waals surface area contributed by atoms with Gasteiger partial charge < -0.3 is 15.2 Å². The predicted octanol–water partition coefficient (Wildman–Crippen LogP) is 1.92. The summed E-state index contributed by atoms with van der Waals surface area (Å²) >= 11 is 0. The molecular formula is C12H13N3O. The normalized spacial score (nSPS) is 14.2. The third kappa shape index (κ3) is 1.19. The zero-order valence-corrected chi connectivity index (χ0v) is 9.10. The van der Waals surface area contributed by atoms with Crippen LogP contribution in [0.3, 0.4) is 0 Å². The molecule has 2 aromatic rings. The lowest BCUT2D eigenvalue weighted by molar-refractivity contribution is 0.436. The van der Waals surface area contributed by atoms with Crippen LogP contribution in [0.4, 0.5) is 11.6 Å². The molecule has 4 nitrogen and oxygen atoms in total. The van der Waals surface area contributed by atoms with E-state index in [0.29, 0.717) is 5.88 Å². The highest BCUT2D eigenvalue weighted by atomic mass is 16.5. The Balaban J connectivity index is 2.20. The minimum atomic E-state index is 0.392. The van der Waals surface area contributed by atoms with E-state index in [9.17, 15) is 0 Å². The highest BCUT2D eigenvalue weighted by Crippen LogP contribution is 2.37. The third-order valence-corrected chi connectivity index (χ3v) is 3.15. The van der Waals surface area contributed by atoms with Gasteiger partial charge in [0.2, 0.25) is 5.88 Å². The lowest BCUT2D eigenvalue weighted by Crippen LogP contribution is -2.12. The van der Waals surface area contributed by atoms with Gasteiger partial charge in [0.15, 0.2) is 0 Å². The second-order valence-electron chi connectivity index (χ2n) is 4.08. The van der Waals surface area contributed by atoms with Crippen LogP contribution < -0.4 is 10.6 Å². The van der Waals surface area contributed by atoms with Crippen molar-refractivity contribution < 1.29 is 4.52 Å². The number of nitrogens with zero attached hydrogens (tertiary/aromatic N) is 2. The Labute approximate surface area is 93.6 Å². The second kappa shape index (κ2) is 3.27. The number of benzene rings is 1. The first-order chi connectivity index (χ1) is 7.77. The molecule has 2 heterocycles. The van der Waals surface area contributed by atoms with Gasteiger partial charge in [-0.05, 0) is 23.6 Å². The number of fused-ring (bicyclic) bond motifs is 1. The maximum absolute atomic E-state index is 5.76. The van der Waals surface area contributed by atoms with Crippen LogP contribution in [0, 0.1) is 0 Å². The fourth-order valence-electron chi connectivity index (χ4n) is 2.30. The molecule has 0 atom stereocenters. The first kappa shape index (κ1) is 9.27. The first-order valence-electron chi connectivity index (χ1n) is 5.31. The highest BCUT2D eigenvalue weighted by molar-refractivity contribution is 5.80. The van der Waals surface area contributed by atoms with E-state index in [1.54, 1.807) is 6.20 Å². The van der Waals surface area contributed by atoms with Crippen LogP contribution in [0.25, 0.3) is 11.1 Å². The molecule has 4 heteroatoms. The average molecular weight is 215 g/mol. The Morgan fingerprint density at radius 1 is 1.38 bits per heavy atom. The molecule has 1 aliphatic heterocycles. The quantitative estimate of drug-likeness (QED) is 0.789. The van der Waals surface area contributed by atoms with E-state index in [2.05, 4.69) is 29.2 Å². The molecule has 82 valence electrons. The maximum Gasteiger partial charge on any atom is 0.229 e. The topological polar surface area (TPSA) is 55.3 Å². The molecule has 0 bridgehead atoms. The fraction of sp³-hybridized carbons (Fsp3) is 0.250. The third-order valence-electron chi connectivity index (χ3n) is 3.15. The number of hydrogen-bond donors (Lipinski definition) is 1. The van der Waals surface area contributed by atoms with Gasteiger partial charge in [0, 0.05) is 19.3 Å². The van der Waals surface area contributed by atoms with Gasteiger partial charge in [0.05, 0.1) is 11.8 Å². The fourth-order valence-corrected chi connectivity index (χ4v) is 2.30. The Morgan fingerprint density at radius 3 is 3.00 bits per heavy atom. The number of likely N-dealkylation sites (N-methyl/N-ethyl adjacent to an activating group) is 1. The van der Waals surface area contributed by atoms with E-state index in [0.717, 1.165) is 24.1 Å². The van der Waals surface area contributed by atoms with Crippen LogP contribution in [0.2, 0.25) is 0 Å². The summed E-state index contributed by atoms with van der Waals surface area (Å²) in [5.74, 6) is 0.392. The van der Waals surface area contributed by atoms with E-state index in [1.807, 2.05) is 6.07 Å². The van der Waals surface area contributed by atoms with Crippen molar-refractivity contribution in [3.8, 4) is 11.1 Å². The molecule has 0 saturated carbocycles. The van der Waals surface area contributed by atoms with Crippen LogP contribution in [-0.2, 0) is 6.42 Å². The van der Waals surface area contributed by atoms with E-state index < -0.39 is 0 Å². The molecule has 1 aromatic carbocycles. The lowest BCUT2D eigenvalue weighted by atomic mass is 10.00. The molecule has 2 N–H and O–H groups in total. The van der Waals surface area contributed by atoms with Crippen molar-refractivity contribution in [2.45, 2.75) is 6.42 Å². The molecular weight excluding hydrogens is 202 g/mol. The zero-order valence-electron chi connectivity index (χ0n) is 9.10. The molecule has 1 aliphatic rings. The summed E-state index contributed by atoms with van der Waals surface area (Å²) in [7, 11) is 2.10. The molecule has 0 unspecified atom stereocenters. The summed E-state index contributed by atoms with van der Waals surface area (Å²) in [5.41, 5.74) is 10.4. The smallest absolute Gasteiger partial charge is 0.229 e. The minimum absolute atomic E-state index is 0.392. The van der Waals surface area contributed by atoms with Gasteiger partial charge in [-0.3, -0.25) is 0 Å². The van der Waals surface area contributed by atoms with E-state index in [1.165, 1.54) is 11.3 Å². The molecule has 0 aliphatic carbocycles. The van der Waals surface area contributed by atoms with Crippen LogP contribution >= 0.6 is 0 Å². The predicted molar refractivity (Wildman–Crippen MR) is 63.3 cm³/mol. The van der Waals surface area contributed by atoms with Crippen molar-refractivity contribution in [1.82, 2.24) is 5.16 Å². The van der Waals surface area contributed by atoms with Gasteiger partial charge in [-0.2, -0.15) is 0 Å². The first-order valence-corrected chi connectivity index (χ1v) is 5.31. The molecule has 0 fully saturated rings. The molecule has 0 amide bonds. The van der Waals surface area contributed by atoms with Gasteiger partial charge >= 0.3 is 0 Å². The zero-order chi connectivity index (χ0) is 11.1. The SMILES string of the molecule is CN1CCc2c(-c3cnoc3N)cccc21. The van der Waals surface area contributed by atoms with Crippen LogP contribution in [0.1, 0.15) is 5.56 Å². The Hall–Kier alpha value is -1.97. The summed E-state index contributed by atoms with van der Waals surface area (Å²) < 4.78 is 4.92. The van der Waals surface area contributed by atoms with Gasteiger partial charge in [-0.25, -0.2) is 0 Å². The van der Waals surface area contributed by atoms with Crippen molar-refractivity contribution in [1.29, 1.82) is 0 Å². The van der Waals surface area contributed by atoms with E-state index in [-0.39, 0.29) is 0 Å². The van der Waals surface area contributed by atoms with Gasteiger partial charge in [-0.1, -0.05) is 17.3 Å². The molecule has 16 heavy (non-hydrogen) atoms. The summed E-state index contributed by atoms with van der Waals surface area (Å²) in [6.07, 6.45) is 2.73. The van der Waals surface area contributed by atoms with Crippen molar-refractivity contribution in [3.63, 3.8) is 0 Å². The maximum atomic E-state index is 5.76. The number of rotatable bonds is 1. The Morgan fingerprint density at radius 2 is 2.25 bits per heavy atom. The number of nitrogens with two attached hydrogens (primary N) is 1. The summed E-state index contributed by atoms with van der Waals surface area (Å²) in [6.45, 7) is 1.05. The minimum Gasteiger partial charge on any atom is -0.374 e. The summed E-state index contributed by atoms with van der Waals surface area (Å²) in [4.78, 5) is 2.25. The van der Waals surface area contributed by atoms with Crippen LogP contribution in [0.5, 0.6) is 0 Å². The monoisotopic (exact) mass is 215 g/mol. The highest BCUT2D eigenvalue weighted by Gasteiger charge is 2.21. The molecule has 3 rings (SSSR count). The Kier molecular flexibility index (Phi) is 1.89. The largest absolute Gasteiger partial charge is 0.374 e. The van der Waals surface area contributed by atoms with Crippen molar-refractivity contribution in [3.05, 3.63) is 30.0 Å². The number of anilines is 2. The number of nitrogen functional groups attached to an aromatic ring is 1. The van der Waals surface area contributed by atoms with Crippen molar-refractivity contribution >= 4 is 11.6 Å². The molecule has 1 aromatic heterocycles. The van der Waals surface area contributed by atoms with Crippen molar-refractivity contribution in [2.24, 2.45) is 0 Å². The van der Waals surface area contributed by atoms with Gasteiger partial charge in [-0.15, -0.1) is 0 Å². The second-order valence-corrected chi connectivity index (χ2v) is 4.08. The van der Waals surface area contributed by atoms with Crippen LogP contribution in [0.15, 0.2) is 28.9 Å². The van der Waals surface area contributed by atoms with Crippen molar-refractivity contribution in [2.75, 3.05) is 24.2 Å². The number of hydrogen-bond acceptors (Lipinski definition) is 4. The lowest BCUT2D eigenvalue weighted by Gasteiger charge is -2.12. The summed E-state index contributed by atoms with van der Waals surface area (Å²) in [6, 6.07) is 6.25. The summed E-state index contributed by atoms with van der Waals surface area (Å²) in [5, 5.41) is 3.73. The molecule has 0 radical (unpaired) electrons. The number of aromatic nitrogens is 1. The van der Waals surface area contributed by atoms with Gasteiger partial charge in [0.1, 0.15) is 0 Å². The van der Waals surface area contributed by atoms with E-state index >= 15 is 0 Å². The molecule has 0 saturated heterocycles.